The molecule has 2 unspecified atom stereocenters. The molecule has 0 aromatic rings. The van der Waals surface area contributed by atoms with Crippen molar-refractivity contribution in [3.8, 4) is 0 Å². The van der Waals surface area contributed by atoms with E-state index in [2.05, 4.69) is 80.3 Å². The van der Waals surface area contributed by atoms with Gasteiger partial charge in [-0.15, -0.1) is 0 Å². The Morgan fingerprint density at radius 2 is 1.85 bits per heavy atom. The van der Waals surface area contributed by atoms with Crippen molar-refractivity contribution in [2.75, 3.05) is 0 Å². The van der Waals surface area contributed by atoms with Crippen molar-refractivity contribution in [1.82, 2.24) is 0 Å². The first-order valence-corrected chi connectivity index (χ1v) is 19.0. The van der Waals surface area contributed by atoms with E-state index in [1.54, 1.807) is 5.57 Å². The van der Waals surface area contributed by atoms with Crippen LogP contribution in [-0.2, 0) is 13.7 Å². The summed E-state index contributed by atoms with van der Waals surface area (Å²) >= 11 is 0. The minimum Gasteiger partial charge on any atom is -0.414 e. The van der Waals surface area contributed by atoms with Crippen LogP contribution in [0.1, 0.15) is 113 Å². The standard InChI is InChI=1S/C34H59BO3Si/c1-24-14-18-28(37-39(10,11)32(3,4)5)23-27(24)17-16-26-13-12-22-34(8)29(19-20-30(26)34)25(2)15-21-31-33(6,7)38-35(9)36-31/h16-17,25,28-31H,1,12-15,18-23H2,2-11H3/b26-16+,27-17-/t25?,28-,29+,30?,31+,34+/m0/s1. The predicted molar refractivity (Wildman–Crippen MR) is 169 cm³/mol. The third-order valence-electron chi connectivity index (χ3n) is 11.6. The molecule has 4 aliphatic rings. The first-order valence-electron chi connectivity index (χ1n) is 16.1. The first kappa shape index (κ1) is 31.3. The van der Waals surface area contributed by atoms with Gasteiger partial charge in [0.15, 0.2) is 8.32 Å². The zero-order valence-corrected chi connectivity index (χ0v) is 28.1. The fourth-order valence-electron chi connectivity index (χ4n) is 8.25. The van der Waals surface area contributed by atoms with Crippen molar-refractivity contribution >= 4 is 15.4 Å². The molecule has 3 aliphatic carbocycles. The van der Waals surface area contributed by atoms with E-state index in [0.717, 1.165) is 43.4 Å². The van der Waals surface area contributed by atoms with Crippen LogP contribution in [0, 0.1) is 23.2 Å². The van der Waals surface area contributed by atoms with Gasteiger partial charge in [0.1, 0.15) is 0 Å². The molecule has 39 heavy (non-hydrogen) atoms. The highest BCUT2D eigenvalue weighted by Gasteiger charge is 2.51. The van der Waals surface area contributed by atoms with Crippen molar-refractivity contribution in [3.05, 3.63) is 35.5 Å². The number of fused-ring (bicyclic) bond motifs is 1. The second kappa shape index (κ2) is 11.6. The lowest BCUT2D eigenvalue weighted by molar-refractivity contribution is 0.0510. The van der Waals surface area contributed by atoms with E-state index < -0.39 is 8.32 Å². The van der Waals surface area contributed by atoms with Crippen molar-refractivity contribution < 1.29 is 13.7 Å². The minimum atomic E-state index is -1.76. The van der Waals surface area contributed by atoms with E-state index in [1.165, 1.54) is 49.7 Å². The second-order valence-electron chi connectivity index (χ2n) is 15.8. The van der Waals surface area contributed by atoms with Gasteiger partial charge in [0, 0.05) is 6.10 Å². The molecule has 4 rings (SSSR count). The monoisotopic (exact) mass is 554 g/mol. The van der Waals surface area contributed by atoms with Gasteiger partial charge in [0.25, 0.3) is 0 Å². The smallest absolute Gasteiger partial charge is 0.414 e. The van der Waals surface area contributed by atoms with Gasteiger partial charge in [-0.25, -0.2) is 0 Å². The lowest BCUT2D eigenvalue weighted by Gasteiger charge is -2.44. The van der Waals surface area contributed by atoms with Gasteiger partial charge < -0.3 is 13.7 Å². The van der Waals surface area contributed by atoms with Crippen LogP contribution in [0.2, 0.25) is 25.0 Å². The Kier molecular flexibility index (Phi) is 9.30. The van der Waals surface area contributed by atoms with Crippen molar-refractivity contribution in [2.45, 2.75) is 155 Å². The van der Waals surface area contributed by atoms with Crippen LogP contribution in [-0.4, -0.2) is 33.2 Å². The molecule has 0 aromatic heterocycles. The Hall–Kier alpha value is -0.618. The van der Waals surface area contributed by atoms with Gasteiger partial charge in [0.2, 0.25) is 0 Å². The molecule has 1 heterocycles. The van der Waals surface area contributed by atoms with Gasteiger partial charge in [-0.3, -0.25) is 0 Å². The second-order valence-corrected chi connectivity index (χ2v) is 20.6. The lowest BCUT2D eigenvalue weighted by Crippen LogP contribution is -2.44. The molecule has 1 saturated heterocycles. The molecule has 0 spiro atoms. The normalized spacial score (nSPS) is 36.6. The molecule has 5 heteroatoms. The Morgan fingerprint density at radius 1 is 1.13 bits per heavy atom. The molecule has 3 saturated carbocycles. The molecule has 0 radical (unpaired) electrons. The van der Waals surface area contributed by atoms with Crippen LogP contribution in [0.4, 0.5) is 0 Å². The number of rotatable bonds is 7. The molecule has 0 amide bonds. The Bertz CT molecular complexity index is 960. The molecule has 6 atom stereocenters. The molecule has 0 N–H and O–H groups in total. The van der Waals surface area contributed by atoms with Crippen LogP contribution in [0.5, 0.6) is 0 Å². The van der Waals surface area contributed by atoms with Crippen molar-refractivity contribution in [3.63, 3.8) is 0 Å². The summed E-state index contributed by atoms with van der Waals surface area (Å²) in [6.45, 7) is 27.8. The third kappa shape index (κ3) is 6.73. The highest BCUT2D eigenvalue weighted by Crippen LogP contribution is 2.60. The van der Waals surface area contributed by atoms with E-state index in [1.807, 2.05) is 6.82 Å². The van der Waals surface area contributed by atoms with Gasteiger partial charge in [0.05, 0.1) is 11.7 Å². The van der Waals surface area contributed by atoms with E-state index in [9.17, 15) is 0 Å². The summed E-state index contributed by atoms with van der Waals surface area (Å²) in [6.07, 6.45) is 17.8. The summed E-state index contributed by atoms with van der Waals surface area (Å²) in [7, 11) is -1.84. The van der Waals surface area contributed by atoms with E-state index in [0.29, 0.717) is 11.5 Å². The quantitative estimate of drug-likeness (QED) is 0.293. The maximum atomic E-state index is 6.84. The fraction of sp³-hybridized carbons (Fsp3) is 0.824. The first-order chi connectivity index (χ1) is 18.0. The van der Waals surface area contributed by atoms with Crippen molar-refractivity contribution in [1.29, 1.82) is 0 Å². The summed E-state index contributed by atoms with van der Waals surface area (Å²) in [5.74, 6) is 2.25. The van der Waals surface area contributed by atoms with Crippen LogP contribution < -0.4 is 0 Å². The Labute approximate surface area is 242 Å². The van der Waals surface area contributed by atoms with E-state index >= 15 is 0 Å². The number of allylic oxidation sites excluding steroid dienone is 4. The van der Waals surface area contributed by atoms with Crippen LogP contribution in [0.25, 0.3) is 0 Å². The summed E-state index contributed by atoms with van der Waals surface area (Å²) in [6, 6.07) is 0. The fourth-order valence-corrected chi connectivity index (χ4v) is 9.64. The zero-order chi connectivity index (χ0) is 28.8. The largest absolute Gasteiger partial charge is 0.454 e. The maximum Gasteiger partial charge on any atom is 0.454 e. The van der Waals surface area contributed by atoms with Gasteiger partial charge in [-0.05, 0) is 132 Å². The molecule has 0 aromatic carbocycles. The lowest BCUT2D eigenvalue weighted by atomic mass is 9.60. The summed E-state index contributed by atoms with van der Waals surface area (Å²) in [5, 5.41) is 0.253. The number of hydrogen-bond acceptors (Lipinski definition) is 3. The SMILES string of the molecule is C=C1CC[C@H](O[Si](C)(C)C(C)(C)C)C/C1=C/C=C1\CCC[C@@]2(C)C1CC[C@@H]2C(C)CC[C@H]1OB(C)OC1(C)C. The minimum absolute atomic E-state index is 0.0806. The van der Waals surface area contributed by atoms with Gasteiger partial charge in [-0.1, -0.05) is 64.5 Å². The van der Waals surface area contributed by atoms with Gasteiger partial charge in [-0.2, -0.15) is 0 Å². The van der Waals surface area contributed by atoms with E-state index in [4.69, 9.17) is 13.7 Å². The van der Waals surface area contributed by atoms with Crippen LogP contribution in [0.15, 0.2) is 35.5 Å². The van der Waals surface area contributed by atoms with Gasteiger partial charge >= 0.3 is 7.12 Å². The molecule has 3 nitrogen and oxygen atoms in total. The molecule has 4 fully saturated rings. The summed E-state index contributed by atoms with van der Waals surface area (Å²) in [5.41, 5.74) is 4.72. The average Bonchev–Trinajstić information content (AvgIpc) is 3.31. The highest BCUT2D eigenvalue weighted by molar-refractivity contribution is 6.74. The van der Waals surface area contributed by atoms with E-state index in [-0.39, 0.29) is 23.9 Å². The molecular formula is C34H59BO3Si. The van der Waals surface area contributed by atoms with Crippen molar-refractivity contribution in [2.24, 2.45) is 23.2 Å². The molecule has 0 bridgehead atoms. The summed E-state index contributed by atoms with van der Waals surface area (Å²) < 4.78 is 19.0. The number of hydrogen-bond donors (Lipinski definition) is 0. The summed E-state index contributed by atoms with van der Waals surface area (Å²) in [4.78, 5) is 0. The Balaban J connectivity index is 1.42. The van der Waals surface area contributed by atoms with Crippen LogP contribution in [0.3, 0.4) is 0 Å². The third-order valence-corrected chi connectivity index (χ3v) is 16.2. The highest BCUT2D eigenvalue weighted by atomic mass is 28.4. The predicted octanol–water partition coefficient (Wildman–Crippen LogP) is 9.91. The zero-order valence-electron chi connectivity index (χ0n) is 27.1. The molecule has 220 valence electrons. The molecular weight excluding hydrogens is 495 g/mol. The molecule has 1 aliphatic heterocycles. The Morgan fingerprint density at radius 3 is 2.49 bits per heavy atom. The average molecular weight is 555 g/mol. The van der Waals surface area contributed by atoms with Crippen LogP contribution >= 0.6 is 0 Å². The topological polar surface area (TPSA) is 27.7 Å². The maximum absolute atomic E-state index is 6.84.